The molecule has 2 aliphatic rings. The summed E-state index contributed by atoms with van der Waals surface area (Å²) >= 11 is 0. The SMILES string of the molecule is CC1CCCC(OCC(=O)C2CCOC2)C1. The molecule has 0 aromatic carbocycles. The maximum Gasteiger partial charge on any atom is 0.163 e. The third-order valence-electron chi connectivity index (χ3n) is 3.73. The number of ketones is 1. The van der Waals surface area contributed by atoms with E-state index in [1.54, 1.807) is 0 Å². The van der Waals surface area contributed by atoms with Crippen molar-refractivity contribution in [1.29, 1.82) is 0 Å². The second kappa shape index (κ2) is 5.78. The molecule has 3 nitrogen and oxygen atoms in total. The van der Waals surface area contributed by atoms with Crippen molar-refractivity contribution in [2.24, 2.45) is 11.8 Å². The molecular weight excluding hydrogens is 204 g/mol. The molecule has 1 aliphatic carbocycles. The lowest BCUT2D eigenvalue weighted by molar-refractivity contribution is -0.130. The Balaban J connectivity index is 1.67. The fourth-order valence-electron chi connectivity index (χ4n) is 2.64. The first-order valence-electron chi connectivity index (χ1n) is 6.47. The van der Waals surface area contributed by atoms with E-state index in [9.17, 15) is 4.79 Å². The second-order valence-electron chi connectivity index (χ2n) is 5.23. The first-order valence-corrected chi connectivity index (χ1v) is 6.47. The Morgan fingerprint density at radius 3 is 2.94 bits per heavy atom. The van der Waals surface area contributed by atoms with Crippen molar-refractivity contribution in [1.82, 2.24) is 0 Å². The summed E-state index contributed by atoms with van der Waals surface area (Å²) in [7, 11) is 0. The number of hydrogen-bond acceptors (Lipinski definition) is 3. The molecule has 0 amide bonds. The van der Waals surface area contributed by atoms with Crippen LogP contribution in [0.5, 0.6) is 0 Å². The molecule has 0 N–H and O–H groups in total. The van der Waals surface area contributed by atoms with Crippen LogP contribution in [0.25, 0.3) is 0 Å². The van der Waals surface area contributed by atoms with Crippen LogP contribution in [0.15, 0.2) is 0 Å². The van der Waals surface area contributed by atoms with Gasteiger partial charge in [0.2, 0.25) is 0 Å². The number of carbonyl (C=O) groups is 1. The van der Waals surface area contributed by atoms with Gasteiger partial charge in [0.15, 0.2) is 5.78 Å². The van der Waals surface area contributed by atoms with Crippen molar-refractivity contribution in [3.63, 3.8) is 0 Å². The van der Waals surface area contributed by atoms with Crippen LogP contribution in [-0.2, 0) is 14.3 Å². The standard InChI is InChI=1S/C13H22O3/c1-10-3-2-4-12(7-10)16-9-13(14)11-5-6-15-8-11/h10-12H,2-9H2,1H3. The molecule has 1 saturated heterocycles. The van der Waals surface area contributed by atoms with E-state index in [0.717, 1.165) is 31.8 Å². The normalized spacial score (nSPS) is 35.2. The number of Topliss-reactive ketones (excluding diaryl/α,β-unsaturated/α-hetero) is 1. The summed E-state index contributed by atoms with van der Waals surface area (Å²) in [5.41, 5.74) is 0. The zero-order valence-corrected chi connectivity index (χ0v) is 10.1. The Morgan fingerprint density at radius 1 is 1.38 bits per heavy atom. The van der Waals surface area contributed by atoms with Crippen molar-refractivity contribution in [2.75, 3.05) is 19.8 Å². The quantitative estimate of drug-likeness (QED) is 0.737. The van der Waals surface area contributed by atoms with E-state index in [1.807, 2.05) is 0 Å². The summed E-state index contributed by atoms with van der Waals surface area (Å²) in [4.78, 5) is 11.8. The predicted molar refractivity (Wildman–Crippen MR) is 61.3 cm³/mol. The molecule has 1 heterocycles. The number of hydrogen-bond donors (Lipinski definition) is 0. The summed E-state index contributed by atoms with van der Waals surface area (Å²) in [5, 5.41) is 0. The van der Waals surface area contributed by atoms with Crippen molar-refractivity contribution < 1.29 is 14.3 Å². The molecule has 16 heavy (non-hydrogen) atoms. The van der Waals surface area contributed by atoms with Crippen LogP contribution in [0.4, 0.5) is 0 Å². The summed E-state index contributed by atoms with van der Waals surface area (Å²) in [6.45, 7) is 3.90. The Morgan fingerprint density at radius 2 is 2.25 bits per heavy atom. The van der Waals surface area contributed by atoms with Crippen LogP contribution in [0, 0.1) is 11.8 Å². The van der Waals surface area contributed by atoms with E-state index >= 15 is 0 Å². The van der Waals surface area contributed by atoms with Gasteiger partial charge in [0.25, 0.3) is 0 Å². The molecule has 0 aromatic rings. The Labute approximate surface area is 97.5 Å². The highest BCUT2D eigenvalue weighted by Crippen LogP contribution is 2.26. The summed E-state index contributed by atoms with van der Waals surface area (Å²) in [6, 6.07) is 0. The minimum atomic E-state index is 0.0982. The number of rotatable bonds is 4. The van der Waals surface area contributed by atoms with Crippen LogP contribution in [-0.4, -0.2) is 31.7 Å². The lowest BCUT2D eigenvalue weighted by Crippen LogP contribution is -2.27. The molecule has 1 aliphatic heterocycles. The fraction of sp³-hybridized carbons (Fsp3) is 0.923. The maximum atomic E-state index is 11.8. The first-order chi connectivity index (χ1) is 7.75. The first kappa shape index (κ1) is 12.1. The van der Waals surface area contributed by atoms with Crippen LogP contribution >= 0.6 is 0 Å². The zero-order valence-electron chi connectivity index (χ0n) is 10.1. The summed E-state index contributed by atoms with van der Waals surface area (Å²) < 4.78 is 10.9. The Kier molecular flexibility index (Phi) is 4.36. The van der Waals surface area contributed by atoms with E-state index in [0.29, 0.717) is 19.3 Å². The van der Waals surface area contributed by atoms with Gasteiger partial charge in [0.05, 0.1) is 12.7 Å². The Hall–Kier alpha value is -0.410. The minimum Gasteiger partial charge on any atom is -0.381 e. The van der Waals surface area contributed by atoms with Gasteiger partial charge in [-0.25, -0.2) is 0 Å². The molecule has 2 rings (SSSR count). The molecule has 3 heteroatoms. The summed E-state index contributed by atoms with van der Waals surface area (Å²) in [6.07, 6.45) is 5.99. The molecule has 92 valence electrons. The van der Waals surface area contributed by atoms with E-state index < -0.39 is 0 Å². The molecular formula is C13H22O3. The number of ether oxygens (including phenoxy) is 2. The van der Waals surface area contributed by atoms with Gasteiger partial charge >= 0.3 is 0 Å². The van der Waals surface area contributed by atoms with E-state index in [4.69, 9.17) is 9.47 Å². The van der Waals surface area contributed by atoms with Crippen molar-refractivity contribution in [2.45, 2.75) is 45.1 Å². The molecule has 0 aromatic heterocycles. The lowest BCUT2D eigenvalue weighted by Gasteiger charge is -2.26. The van der Waals surface area contributed by atoms with Crippen molar-refractivity contribution in [3.8, 4) is 0 Å². The second-order valence-corrected chi connectivity index (χ2v) is 5.23. The van der Waals surface area contributed by atoms with Gasteiger partial charge in [-0.2, -0.15) is 0 Å². The van der Waals surface area contributed by atoms with Gasteiger partial charge in [0, 0.05) is 12.5 Å². The van der Waals surface area contributed by atoms with E-state index in [2.05, 4.69) is 6.92 Å². The van der Waals surface area contributed by atoms with Gasteiger partial charge in [-0.1, -0.05) is 19.8 Å². The molecule has 3 atom stereocenters. The van der Waals surface area contributed by atoms with Crippen molar-refractivity contribution >= 4 is 5.78 Å². The molecule has 0 bridgehead atoms. The third kappa shape index (κ3) is 3.29. The van der Waals surface area contributed by atoms with Gasteiger partial charge in [-0.15, -0.1) is 0 Å². The topological polar surface area (TPSA) is 35.5 Å². The molecule has 3 unspecified atom stereocenters. The van der Waals surface area contributed by atoms with Gasteiger partial charge < -0.3 is 9.47 Å². The highest BCUT2D eigenvalue weighted by molar-refractivity contribution is 5.82. The largest absolute Gasteiger partial charge is 0.381 e. The minimum absolute atomic E-state index is 0.0982. The van der Waals surface area contributed by atoms with Gasteiger partial charge in [-0.3, -0.25) is 4.79 Å². The zero-order chi connectivity index (χ0) is 11.4. The molecule has 2 fully saturated rings. The third-order valence-corrected chi connectivity index (χ3v) is 3.73. The van der Waals surface area contributed by atoms with Crippen LogP contribution in [0.2, 0.25) is 0 Å². The van der Waals surface area contributed by atoms with Crippen LogP contribution < -0.4 is 0 Å². The average molecular weight is 226 g/mol. The van der Waals surface area contributed by atoms with Gasteiger partial charge in [0.1, 0.15) is 6.61 Å². The fourth-order valence-corrected chi connectivity index (χ4v) is 2.64. The highest BCUT2D eigenvalue weighted by atomic mass is 16.5. The maximum absolute atomic E-state index is 11.8. The van der Waals surface area contributed by atoms with Gasteiger partial charge in [-0.05, 0) is 25.2 Å². The van der Waals surface area contributed by atoms with Crippen LogP contribution in [0.1, 0.15) is 39.0 Å². The highest BCUT2D eigenvalue weighted by Gasteiger charge is 2.25. The molecule has 0 radical (unpaired) electrons. The predicted octanol–water partition coefficient (Wildman–Crippen LogP) is 2.19. The molecule has 0 spiro atoms. The van der Waals surface area contributed by atoms with Crippen molar-refractivity contribution in [3.05, 3.63) is 0 Å². The number of carbonyl (C=O) groups excluding carboxylic acids is 1. The monoisotopic (exact) mass is 226 g/mol. The average Bonchev–Trinajstić information content (AvgIpc) is 2.79. The lowest BCUT2D eigenvalue weighted by atomic mass is 9.89. The summed E-state index contributed by atoms with van der Waals surface area (Å²) in [5.74, 6) is 1.08. The van der Waals surface area contributed by atoms with Crippen LogP contribution in [0.3, 0.4) is 0 Å². The smallest absolute Gasteiger partial charge is 0.163 e. The van der Waals surface area contributed by atoms with E-state index in [1.165, 1.54) is 12.8 Å². The van der Waals surface area contributed by atoms with E-state index in [-0.39, 0.29) is 11.7 Å². The molecule has 1 saturated carbocycles. The Bertz CT molecular complexity index is 233.